The first-order valence-corrected chi connectivity index (χ1v) is 7.94. The van der Waals surface area contributed by atoms with Crippen LogP contribution < -0.4 is 10.6 Å². The highest BCUT2D eigenvalue weighted by Crippen LogP contribution is 2.29. The second-order valence-electron chi connectivity index (χ2n) is 5.73. The van der Waals surface area contributed by atoms with Crippen LogP contribution in [0.25, 0.3) is 0 Å². The summed E-state index contributed by atoms with van der Waals surface area (Å²) in [6, 6.07) is 13.5. The Balaban J connectivity index is 1.66. The number of amides is 1. The van der Waals surface area contributed by atoms with Gasteiger partial charge in [0, 0.05) is 28.0 Å². The number of carbonyl (C=O) groups excluding carboxylic acids is 1. The van der Waals surface area contributed by atoms with Crippen molar-refractivity contribution in [2.75, 3.05) is 10.6 Å². The Labute approximate surface area is 135 Å². The first kappa shape index (κ1) is 14.9. The molecule has 1 aliphatic rings. The van der Waals surface area contributed by atoms with Crippen LogP contribution in [0.1, 0.15) is 24.8 Å². The van der Waals surface area contributed by atoms with E-state index >= 15 is 0 Å². The van der Waals surface area contributed by atoms with Gasteiger partial charge < -0.3 is 10.6 Å². The summed E-state index contributed by atoms with van der Waals surface area (Å²) in [6.45, 7) is 1.98. The van der Waals surface area contributed by atoms with Crippen molar-refractivity contribution < 1.29 is 4.79 Å². The highest BCUT2D eigenvalue weighted by atomic mass is 35.5. The Kier molecular flexibility index (Phi) is 4.34. The van der Waals surface area contributed by atoms with E-state index in [0.717, 1.165) is 40.5 Å². The summed E-state index contributed by atoms with van der Waals surface area (Å²) < 4.78 is 0. The minimum absolute atomic E-state index is 0.137. The maximum absolute atomic E-state index is 11.9. The van der Waals surface area contributed by atoms with Crippen molar-refractivity contribution in [3.63, 3.8) is 0 Å². The molecule has 1 amide bonds. The molecule has 1 aliphatic carbocycles. The molecule has 2 N–H and O–H groups in total. The van der Waals surface area contributed by atoms with Gasteiger partial charge in [-0.05, 0) is 61.7 Å². The highest BCUT2D eigenvalue weighted by molar-refractivity contribution is 6.31. The van der Waals surface area contributed by atoms with E-state index in [0.29, 0.717) is 0 Å². The molecule has 0 aromatic heterocycles. The molecule has 2 aromatic rings. The molecule has 0 spiro atoms. The van der Waals surface area contributed by atoms with Crippen molar-refractivity contribution >= 4 is 34.6 Å². The molecule has 4 heteroatoms. The monoisotopic (exact) mass is 314 g/mol. The quantitative estimate of drug-likeness (QED) is 0.821. The van der Waals surface area contributed by atoms with Gasteiger partial charge in [0.05, 0.1) is 0 Å². The number of hydrogen-bond donors (Lipinski definition) is 2. The third-order valence-electron chi connectivity index (χ3n) is 4.18. The number of nitrogens with one attached hydrogen (secondary N) is 2. The largest absolute Gasteiger partial charge is 0.355 e. The zero-order chi connectivity index (χ0) is 15.5. The average molecular weight is 315 g/mol. The van der Waals surface area contributed by atoms with E-state index in [-0.39, 0.29) is 11.8 Å². The molecule has 0 aliphatic heterocycles. The Morgan fingerprint density at radius 3 is 2.41 bits per heavy atom. The van der Waals surface area contributed by atoms with Crippen molar-refractivity contribution in [2.24, 2.45) is 5.92 Å². The van der Waals surface area contributed by atoms with Crippen LogP contribution in [-0.4, -0.2) is 5.91 Å². The van der Waals surface area contributed by atoms with Crippen LogP contribution in [0.4, 0.5) is 17.1 Å². The Bertz CT molecular complexity index is 678. The van der Waals surface area contributed by atoms with Gasteiger partial charge in [-0.25, -0.2) is 0 Å². The van der Waals surface area contributed by atoms with Gasteiger partial charge in [-0.2, -0.15) is 0 Å². The van der Waals surface area contributed by atoms with E-state index in [1.165, 1.54) is 6.42 Å². The summed E-state index contributed by atoms with van der Waals surface area (Å²) in [5, 5.41) is 7.05. The maximum Gasteiger partial charge on any atom is 0.227 e. The van der Waals surface area contributed by atoms with Gasteiger partial charge in [-0.1, -0.05) is 24.1 Å². The van der Waals surface area contributed by atoms with E-state index in [9.17, 15) is 4.79 Å². The Hall–Kier alpha value is -2.00. The van der Waals surface area contributed by atoms with Gasteiger partial charge in [0.2, 0.25) is 5.91 Å². The maximum atomic E-state index is 11.9. The van der Waals surface area contributed by atoms with E-state index < -0.39 is 0 Å². The fourth-order valence-corrected chi connectivity index (χ4v) is 2.62. The van der Waals surface area contributed by atoms with Gasteiger partial charge in [0.1, 0.15) is 0 Å². The second-order valence-corrected chi connectivity index (χ2v) is 6.14. The van der Waals surface area contributed by atoms with Gasteiger partial charge >= 0.3 is 0 Å². The lowest BCUT2D eigenvalue weighted by molar-refractivity contribution is -0.122. The summed E-state index contributed by atoms with van der Waals surface area (Å²) in [5.74, 6) is 0.338. The van der Waals surface area contributed by atoms with Crippen LogP contribution in [0.5, 0.6) is 0 Å². The van der Waals surface area contributed by atoms with Crippen LogP contribution in [0, 0.1) is 12.8 Å². The number of anilines is 3. The Morgan fingerprint density at radius 2 is 1.77 bits per heavy atom. The minimum atomic E-state index is 0.137. The molecule has 0 unspecified atom stereocenters. The van der Waals surface area contributed by atoms with Crippen molar-refractivity contribution in [3.05, 3.63) is 53.1 Å². The molecule has 0 saturated heterocycles. The molecular formula is C18H19ClN2O. The summed E-state index contributed by atoms with van der Waals surface area (Å²) in [6.07, 6.45) is 3.19. The molecule has 3 nitrogen and oxygen atoms in total. The van der Waals surface area contributed by atoms with Gasteiger partial charge in [0.15, 0.2) is 0 Å². The SMILES string of the molecule is Cc1c(Cl)cccc1Nc1ccc(NC(=O)C2CCC2)cc1. The second kappa shape index (κ2) is 6.41. The first-order valence-electron chi connectivity index (χ1n) is 7.56. The summed E-state index contributed by atoms with van der Waals surface area (Å²) in [7, 11) is 0. The molecule has 1 fully saturated rings. The van der Waals surface area contributed by atoms with E-state index in [4.69, 9.17) is 11.6 Å². The smallest absolute Gasteiger partial charge is 0.227 e. The zero-order valence-electron chi connectivity index (χ0n) is 12.5. The fraction of sp³-hybridized carbons (Fsp3) is 0.278. The predicted molar refractivity (Wildman–Crippen MR) is 91.9 cm³/mol. The number of rotatable bonds is 4. The molecule has 1 saturated carbocycles. The van der Waals surface area contributed by atoms with Crippen LogP contribution in [0.2, 0.25) is 5.02 Å². The third-order valence-corrected chi connectivity index (χ3v) is 4.58. The standard InChI is InChI=1S/C18H19ClN2O/c1-12-16(19)6-3-7-17(12)20-14-8-10-15(11-9-14)21-18(22)13-4-2-5-13/h3,6-11,13,20H,2,4-5H2,1H3,(H,21,22). The lowest BCUT2D eigenvalue weighted by Gasteiger charge is -2.24. The van der Waals surface area contributed by atoms with Crippen molar-refractivity contribution in [3.8, 4) is 0 Å². The zero-order valence-corrected chi connectivity index (χ0v) is 13.3. The average Bonchev–Trinajstić information content (AvgIpc) is 2.44. The Morgan fingerprint density at radius 1 is 1.09 bits per heavy atom. The van der Waals surface area contributed by atoms with Crippen molar-refractivity contribution in [2.45, 2.75) is 26.2 Å². The molecule has 0 radical (unpaired) electrons. The summed E-state index contributed by atoms with van der Waals surface area (Å²) in [5.41, 5.74) is 3.81. The van der Waals surface area contributed by atoms with Crippen LogP contribution in [-0.2, 0) is 4.79 Å². The normalized spacial score (nSPS) is 14.3. The van der Waals surface area contributed by atoms with Gasteiger partial charge in [-0.3, -0.25) is 4.79 Å². The molecule has 3 rings (SSSR count). The molecule has 114 valence electrons. The molecule has 22 heavy (non-hydrogen) atoms. The first-order chi connectivity index (χ1) is 10.6. The summed E-state index contributed by atoms with van der Waals surface area (Å²) >= 11 is 6.12. The number of benzene rings is 2. The van der Waals surface area contributed by atoms with Crippen LogP contribution in [0.3, 0.4) is 0 Å². The predicted octanol–water partition coefficient (Wildman–Crippen LogP) is 5.13. The molecular weight excluding hydrogens is 296 g/mol. The van der Waals surface area contributed by atoms with E-state index in [1.807, 2.05) is 49.4 Å². The lowest BCUT2D eigenvalue weighted by atomic mass is 9.85. The van der Waals surface area contributed by atoms with Crippen LogP contribution >= 0.6 is 11.6 Å². The molecule has 0 atom stereocenters. The van der Waals surface area contributed by atoms with E-state index in [2.05, 4.69) is 10.6 Å². The number of halogens is 1. The van der Waals surface area contributed by atoms with Crippen molar-refractivity contribution in [1.82, 2.24) is 0 Å². The molecule has 2 aromatic carbocycles. The van der Waals surface area contributed by atoms with Gasteiger partial charge in [0.25, 0.3) is 0 Å². The lowest BCUT2D eigenvalue weighted by Crippen LogP contribution is -2.27. The topological polar surface area (TPSA) is 41.1 Å². The van der Waals surface area contributed by atoms with Crippen molar-refractivity contribution in [1.29, 1.82) is 0 Å². The molecule has 0 bridgehead atoms. The van der Waals surface area contributed by atoms with Gasteiger partial charge in [-0.15, -0.1) is 0 Å². The summed E-state index contributed by atoms with van der Waals surface area (Å²) in [4.78, 5) is 11.9. The van der Waals surface area contributed by atoms with Crippen LogP contribution in [0.15, 0.2) is 42.5 Å². The fourth-order valence-electron chi connectivity index (χ4n) is 2.45. The van der Waals surface area contributed by atoms with E-state index in [1.54, 1.807) is 0 Å². The number of carbonyl (C=O) groups is 1. The highest BCUT2D eigenvalue weighted by Gasteiger charge is 2.24. The molecule has 0 heterocycles. The minimum Gasteiger partial charge on any atom is -0.355 e. The number of hydrogen-bond acceptors (Lipinski definition) is 2. The third kappa shape index (κ3) is 3.25.